The summed E-state index contributed by atoms with van der Waals surface area (Å²) in [4.78, 5) is 21.3. The number of hydrogen-bond acceptors (Lipinski definition) is 6. The van der Waals surface area contributed by atoms with Crippen LogP contribution in [0.3, 0.4) is 0 Å². The Balaban J connectivity index is 1.80. The molecule has 0 aliphatic rings. The number of ether oxygens (including phenoxy) is 3. The molecule has 0 radical (unpaired) electrons. The van der Waals surface area contributed by atoms with Gasteiger partial charge in [-0.15, -0.1) is 0 Å². The lowest BCUT2D eigenvalue weighted by Gasteiger charge is -2.13. The SMILES string of the molecule is COc1cc(C(=O)C=Cc2cnc(-c3ccccc3)nc2)cc(OC)c1OC. The Bertz CT molecular complexity index is 958. The average Bonchev–Trinajstić information content (AvgIpc) is 2.77. The van der Waals surface area contributed by atoms with Crippen molar-refractivity contribution in [2.75, 3.05) is 21.3 Å². The minimum Gasteiger partial charge on any atom is -0.493 e. The number of hydrogen-bond donors (Lipinski definition) is 0. The minimum atomic E-state index is -0.202. The number of carbonyl (C=O) groups excluding carboxylic acids is 1. The van der Waals surface area contributed by atoms with E-state index in [-0.39, 0.29) is 5.78 Å². The number of carbonyl (C=O) groups is 1. The van der Waals surface area contributed by atoms with Gasteiger partial charge in [0.25, 0.3) is 0 Å². The third-order valence-electron chi connectivity index (χ3n) is 4.08. The summed E-state index contributed by atoms with van der Waals surface area (Å²) in [5.41, 5.74) is 2.08. The maximum Gasteiger partial charge on any atom is 0.203 e. The summed E-state index contributed by atoms with van der Waals surface area (Å²) in [6.45, 7) is 0. The number of benzene rings is 2. The monoisotopic (exact) mass is 376 g/mol. The molecule has 0 aliphatic carbocycles. The first kappa shape index (κ1) is 19.1. The number of allylic oxidation sites excluding steroid dienone is 1. The molecule has 0 amide bonds. The zero-order chi connectivity index (χ0) is 19.9. The Hall–Kier alpha value is -3.67. The fraction of sp³-hybridized carbons (Fsp3) is 0.136. The summed E-state index contributed by atoms with van der Waals surface area (Å²) in [6, 6.07) is 12.9. The summed E-state index contributed by atoms with van der Waals surface area (Å²) in [7, 11) is 4.53. The number of ketones is 1. The largest absolute Gasteiger partial charge is 0.493 e. The second-order valence-electron chi connectivity index (χ2n) is 5.82. The summed E-state index contributed by atoms with van der Waals surface area (Å²) in [5, 5.41) is 0. The predicted octanol–water partition coefficient (Wildman–Crippen LogP) is 4.07. The van der Waals surface area contributed by atoms with E-state index in [1.807, 2.05) is 30.3 Å². The van der Waals surface area contributed by atoms with Gasteiger partial charge in [-0.25, -0.2) is 9.97 Å². The van der Waals surface area contributed by atoms with Gasteiger partial charge in [-0.1, -0.05) is 30.3 Å². The molecule has 0 N–H and O–H groups in total. The van der Waals surface area contributed by atoms with Crippen LogP contribution in [-0.4, -0.2) is 37.1 Å². The molecule has 1 aromatic heterocycles. The zero-order valence-corrected chi connectivity index (χ0v) is 15.9. The molecule has 0 aliphatic heterocycles. The molecule has 3 rings (SSSR count). The van der Waals surface area contributed by atoms with E-state index >= 15 is 0 Å². The molecule has 2 aromatic carbocycles. The Kier molecular flexibility index (Phi) is 6.01. The van der Waals surface area contributed by atoms with Crippen molar-refractivity contribution in [3.05, 3.63) is 72.1 Å². The van der Waals surface area contributed by atoms with E-state index in [4.69, 9.17) is 14.2 Å². The van der Waals surface area contributed by atoms with E-state index in [2.05, 4.69) is 9.97 Å². The molecule has 1 heterocycles. The van der Waals surface area contributed by atoms with Crippen LogP contribution in [0.5, 0.6) is 17.2 Å². The summed E-state index contributed by atoms with van der Waals surface area (Å²) in [6.07, 6.45) is 6.48. The van der Waals surface area contributed by atoms with Crippen LogP contribution < -0.4 is 14.2 Å². The molecule has 28 heavy (non-hydrogen) atoms. The Morgan fingerprint density at radius 3 is 2.04 bits per heavy atom. The second kappa shape index (κ2) is 8.81. The first-order valence-corrected chi connectivity index (χ1v) is 8.56. The standard InChI is InChI=1S/C22H20N2O4/c1-26-19-11-17(12-20(27-2)21(19)28-3)18(25)10-9-15-13-23-22(24-14-15)16-7-5-4-6-8-16/h4-14H,1-3H3. The van der Waals surface area contributed by atoms with E-state index in [1.54, 1.807) is 30.6 Å². The summed E-state index contributed by atoms with van der Waals surface area (Å²) in [5.74, 6) is 1.72. The van der Waals surface area contributed by atoms with Crippen molar-refractivity contribution in [2.24, 2.45) is 0 Å². The lowest BCUT2D eigenvalue weighted by molar-refractivity contribution is 0.104. The predicted molar refractivity (Wildman–Crippen MR) is 107 cm³/mol. The zero-order valence-electron chi connectivity index (χ0n) is 15.9. The highest BCUT2D eigenvalue weighted by molar-refractivity contribution is 6.07. The van der Waals surface area contributed by atoms with Gasteiger partial charge in [-0.3, -0.25) is 4.79 Å². The van der Waals surface area contributed by atoms with Crippen LogP contribution in [0, 0.1) is 0 Å². The molecule has 0 saturated heterocycles. The van der Waals surface area contributed by atoms with Gasteiger partial charge in [-0.05, 0) is 24.3 Å². The fourth-order valence-electron chi connectivity index (χ4n) is 2.65. The second-order valence-corrected chi connectivity index (χ2v) is 5.82. The van der Waals surface area contributed by atoms with Crippen molar-refractivity contribution < 1.29 is 19.0 Å². The fourth-order valence-corrected chi connectivity index (χ4v) is 2.65. The number of aromatic nitrogens is 2. The Morgan fingerprint density at radius 2 is 1.50 bits per heavy atom. The number of methoxy groups -OCH3 is 3. The first-order chi connectivity index (χ1) is 13.7. The van der Waals surface area contributed by atoms with Gasteiger partial charge in [0, 0.05) is 29.1 Å². The van der Waals surface area contributed by atoms with Gasteiger partial charge in [0.15, 0.2) is 23.1 Å². The molecule has 0 fully saturated rings. The third kappa shape index (κ3) is 4.17. The van der Waals surface area contributed by atoms with Gasteiger partial charge in [0.1, 0.15) is 0 Å². The maximum absolute atomic E-state index is 12.6. The van der Waals surface area contributed by atoms with Crippen LogP contribution in [0.4, 0.5) is 0 Å². The quantitative estimate of drug-likeness (QED) is 0.457. The Morgan fingerprint density at radius 1 is 0.893 bits per heavy atom. The van der Waals surface area contributed by atoms with E-state index in [0.29, 0.717) is 28.6 Å². The van der Waals surface area contributed by atoms with Crippen LogP contribution in [0.15, 0.2) is 60.9 Å². The highest BCUT2D eigenvalue weighted by atomic mass is 16.5. The summed E-state index contributed by atoms with van der Waals surface area (Å²) < 4.78 is 15.8. The topological polar surface area (TPSA) is 70.5 Å². The van der Waals surface area contributed by atoms with Gasteiger partial charge < -0.3 is 14.2 Å². The highest BCUT2D eigenvalue weighted by Crippen LogP contribution is 2.38. The summed E-state index contributed by atoms with van der Waals surface area (Å²) >= 11 is 0. The minimum absolute atomic E-state index is 0.202. The van der Waals surface area contributed by atoms with Gasteiger partial charge >= 0.3 is 0 Å². The van der Waals surface area contributed by atoms with Crippen molar-refractivity contribution >= 4 is 11.9 Å². The van der Waals surface area contributed by atoms with E-state index < -0.39 is 0 Å². The average molecular weight is 376 g/mol. The highest BCUT2D eigenvalue weighted by Gasteiger charge is 2.15. The normalized spacial score (nSPS) is 10.7. The molecular formula is C22H20N2O4. The third-order valence-corrected chi connectivity index (χ3v) is 4.08. The van der Waals surface area contributed by atoms with Crippen LogP contribution in [-0.2, 0) is 0 Å². The van der Waals surface area contributed by atoms with E-state index in [0.717, 1.165) is 11.1 Å². The maximum atomic E-state index is 12.6. The number of nitrogens with zero attached hydrogens (tertiary/aromatic N) is 2. The molecule has 0 unspecified atom stereocenters. The molecule has 0 saturated carbocycles. The van der Waals surface area contributed by atoms with Gasteiger partial charge in [0.2, 0.25) is 5.75 Å². The van der Waals surface area contributed by atoms with E-state index in [9.17, 15) is 4.79 Å². The van der Waals surface area contributed by atoms with Gasteiger partial charge in [0.05, 0.1) is 21.3 Å². The van der Waals surface area contributed by atoms with Gasteiger partial charge in [-0.2, -0.15) is 0 Å². The van der Waals surface area contributed by atoms with Crippen molar-refractivity contribution in [3.63, 3.8) is 0 Å². The molecular weight excluding hydrogens is 356 g/mol. The molecule has 0 atom stereocenters. The Labute approximate surface area is 163 Å². The molecule has 0 spiro atoms. The van der Waals surface area contributed by atoms with Crippen LogP contribution in [0.1, 0.15) is 15.9 Å². The molecule has 142 valence electrons. The van der Waals surface area contributed by atoms with Crippen molar-refractivity contribution in [2.45, 2.75) is 0 Å². The van der Waals surface area contributed by atoms with E-state index in [1.165, 1.54) is 27.4 Å². The molecule has 3 aromatic rings. The molecule has 6 nitrogen and oxygen atoms in total. The lowest BCUT2D eigenvalue weighted by Crippen LogP contribution is -2.00. The van der Waals surface area contributed by atoms with Crippen LogP contribution in [0.25, 0.3) is 17.5 Å². The number of rotatable bonds is 7. The van der Waals surface area contributed by atoms with Crippen molar-refractivity contribution in [1.29, 1.82) is 0 Å². The van der Waals surface area contributed by atoms with Crippen LogP contribution >= 0.6 is 0 Å². The van der Waals surface area contributed by atoms with Crippen LogP contribution in [0.2, 0.25) is 0 Å². The smallest absolute Gasteiger partial charge is 0.203 e. The molecule has 0 bridgehead atoms. The first-order valence-electron chi connectivity index (χ1n) is 8.56. The molecule has 6 heteroatoms. The van der Waals surface area contributed by atoms with Crippen molar-refractivity contribution in [1.82, 2.24) is 9.97 Å². The van der Waals surface area contributed by atoms with Crippen molar-refractivity contribution in [3.8, 4) is 28.6 Å². The lowest BCUT2D eigenvalue weighted by atomic mass is 10.1.